The molecule has 0 unspecified atom stereocenters. The van der Waals surface area contributed by atoms with E-state index in [1.165, 1.54) is 21.8 Å². The number of aromatic nitrogens is 4. The summed E-state index contributed by atoms with van der Waals surface area (Å²) in [7, 11) is 0. The lowest BCUT2D eigenvalue weighted by molar-refractivity contribution is 0.983. The second-order valence-electron chi connectivity index (χ2n) is 12.7. The fourth-order valence-corrected chi connectivity index (χ4v) is 7.27. The Labute approximate surface area is 296 Å². The second-order valence-corrected chi connectivity index (χ2v) is 12.7. The van der Waals surface area contributed by atoms with Gasteiger partial charge < -0.3 is 4.57 Å². The Kier molecular flexibility index (Phi) is 7.48. The molecule has 3 heterocycles. The highest BCUT2D eigenvalue weighted by atomic mass is 15.2. The van der Waals surface area contributed by atoms with Crippen molar-refractivity contribution in [3.8, 4) is 34.0 Å². The third-order valence-corrected chi connectivity index (χ3v) is 9.66. The molecule has 9 aromatic rings. The van der Waals surface area contributed by atoms with Crippen molar-refractivity contribution in [2.24, 2.45) is 0 Å². The van der Waals surface area contributed by atoms with Crippen molar-refractivity contribution in [1.29, 1.82) is 0 Å². The minimum atomic E-state index is 0.615. The van der Waals surface area contributed by atoms with Gasteiger partial charge in [0.25, 0.3) is 0 Å². The summed E-state index contributed by atoms with van der Waals surface area (Å²) in [6.07, 6.45) is 7.93. The van der Waals surface area contributed by atoms with E-state index < -0.39 is 0 Å². The first-order valence-electron chi connectivity index (χ1n) is 17.2. The van der Waals surface area contributed by atoms with Crippen LogP contribution in [-0.2, 0) is 0 Å². The van der Waals surface area contributed by atoms with Gasteiger partial charge in [-0.05, 0) is 72.2 Å². The molecule has 0 N–H and O–H groups in total. The van der Waals surface area contributed by atoms with E-state index in [-0.39, 0.29) is 0 Å². The molecule has 3 aromatic heterocycles. The molecule has 0 atom stereocenters. The van der Waals surface area contributed by atoms with Crippen LogP contribution in [0.15, 0.2) is 183 Å². The number of para-hydroxylation sites is 3. The molecule has 6 aromatic carbocycles. The molecule has 0 saturated carbocycles. The number of rotatable bonds is 7. The highest BCUT2D eigenvalue weighted by Crippen LogP contribution is 2.38. The lowest BCUT2D eigenvalue weighted by Gasteiger charge is -2.12. The Bertz CT molecular complexity index is 2820. The molecule has 0 aliphatic carbocycles. The van der Waals surface area contributed by atoms with Gasteiger partial charge in [-0.1, -0.05) is 134 Å². The normalized spacial score (nSPS) is 12.1. The topological polar surface area (TPSA) is 35.6 Å². The monoisotopic (exact) mass is 654 g/mol. The molecule has 0 aliphatic heterocycles. The van der Waals surface area contributed by atoms with Crippen LogP contribution in [0.2, 0.25) is 0 Å². The van der Waals surface area contributed by atoms with E-state index in [1.807, 2.05) is 49.4 Å². The molecule has 4 heteroatoms. The highest BCUT2D eigenvalue weighted by molar-refractivity contribution is 6.12. The zero-order valence-electron chi connectivity index (χ0n) is 28.2. The van der Waals surface area contributed by atoms with Crippen molar-refractivity contribution in [3.63, 3.8) is 0 Å². The predicted octanol–water partition coefficient (Wildman–Crippen LogP) is 12.2. The Hall–Kier alpha value is -6.78. The molecule has 0 spiro atoms. The maximum atomic E-state index is 5.22. The van der Waals surface area contributed by atoms with Crippen molar-refractivity contribution in [3.05, 3.63) is 188 Å². The second kappa shape index (κ2) is 12.6. The predicted molar refractivity (Wildman–Crippen MR) is 215 cm³/mol. The van der Waals surface area contributed by atoms with E-state index in [4.69, 9.17) is 9.97 Å². The van der Waals surface area contributed by atoms with Crippen LogP contribution in [0.3, 0.4) is 0 Å². The first-order chi connectivity index (χ1) is 25.2. The molecule has 0 saturated heterocycles. The Morgan fingerprint density at radius 3 is 1.88 bits per heavy atom. The molecule has 0 fully saturated rings. The third kappa shape index (κ3) is 5.17. The van der Waals surface area contributed by atoms with E-state index in [1.54, 1.807) is 0 Å². The molecule has 9 rings (SSSR count). The van der Waals surface area contributed by atoms with E-state index in [2.05, 4.69) is 149 Å². The average molecular weight is 655 g/mol. The lowest BCUT2D eigenvalue weighted by Crippen LogP contribution is -2.05. The van der Waals surface area contributed by atoms with Gasteiger partial charge in [0.2, 0.25) is 5.95 Å². The average Bonchev–Trinajstić information content (AvgIpc) is 3.71. The number of fused-ring (bicyclic) bond motifs is 6. The zero-order chi connectivity index (χ0) is 34.3. The molecular weight excluding hydrogens is 621 g/mol. The van der Waals surface area contributed by atoms with Gasteiger partial charge in [0.15, 0.2) is 0 Å². The summed E-state index contributed by atoms with van der Waals surface area (Å²) in [4.78, 5) is 10.4. The Morgan fingerprint density at radius 1 is 0.529 bits per heavy atom. The molecule has 51 heavy (non-hydrogen) atoms. The lowest BCUT2D eigenvalue weighted by atomic mass is 10.0. The first kappa shape index (κ1) is 30.3. The van der Waals surface area contributed by atoms with Crippen LogP contribution in [0.1, 0.15) is 12.6 Å². The number of allylic oxidation sites excluding steroid dienone is 5. The van der Waals surface area contributed by atoms with Crippen molar-refractivity contribution >= 4 is 49.2 Å². The first-order valence-corrected chi connectivity index (χ1v) is 17.2. The van der Waals surface area contributed by atoms with Crippen LogP contribution in [0.4, 0.5) is 0 Å². The summed E-state index contributed by atoms with van der Waals surface area (Å²) >= 11 is 0. The van der Waals surface area contributed by atoms with E-state index in [9.17, 15) is 0 Å². The largest absolute Gasteiger partial charge is 0.309 e. The minimum Gasteiger partial charge on any atom is -0.309 e. The van der Waals surface area contributed by atoms with Crippen molar-refractivity contribution in [2.75, 3.05) is 0 Å². The summed E-state index contributed by atoms with van der Waals surface area (Å²) < 4.78 is 4.56. The fourth-order valence-electron chi connectivity index (χ4n) is 7.27. The number of hydrogen-bond donors (Lipinski definition) is 0. The molecule has 0 radical (unpaired) electrons. The molecule has 0 amide bonds. The quantitative estimate of drug-likeness (QED) is 0.160. The van der Waals surface area contributed by atoms with Crippen molar-refractivity contribution in [1.82, 2.24) is 19.1 Å². The summed E-state index contributed by atoms with van der Waals surface area (Å²) in [5.74, 6) is 0.615. The van der Waals surface area contributed by atoms with Crippen LogP contribution in [0, 0.1) is 0 Å². The summed E-state index contributed by atoms with van der Waals surface area (Å²) in [6.45, 7) is 6.13. The van der Waals surface area contributed by atoms with Gasteiger partial charge in [-0.2, -0.15) is 0 Å². The van der Waals surface area contributed by atoms with Crippen molar-refractivity contribution < 1.29 is 0 Å². The maximum absolute atomic E-state index is 5.22. The smallest absolute Gasteiger partial charge is 0.235 e. The maximum Gasteiger partial charge on any atom is 0.235 e. The molecule has 0 bridgehead atoms. The number of nitrogens with zero attached hydrogens (tertiary/aromatic N) is 4. The van der Waals surface area contributed by atoms with Gasteiger partial charge in [0.05, 0.1) is 33.5 Å². The van der Waals surface area contributed by atoms with Crippen LogP contribution in [0.25, 0.3) is 83.2 Å². The highest BCUT2D eigenvalue weighted by Gasteiger charge is 2.19. The van der Waals surface area contributed by atoms with E-state index in [0.29, 0.717) is 5.95 Å². The minimum absolute atomic E-state index is 0.615. The van der Waals surface area contributed by atoms with E-state index >= 15 is 0 Å². The Morgan fingerprint density at radius 2 is 1.14 bits per heavy atom. The summed E-state index contributed by atoms with van der Waals surface area (Å²) in [5.41, 5.74) is 11.5. The van der Waals surface area contributed by atoms with Crippen LogP contribution in [0.5, 0.6) is 0 Å². The molecule has 242 valence electrons. The summed E-state index contributed by atoms with van der Waals surface area (Å²) in [5, 5.41) is 4.76. The summed E-state index contributed by atoms with van der Waals surface area (Å²) in [6, 6.07) is 53.7. The van der Waals surface area contributed by atoms with Gasteiger partial charge in [-0.3, -0.25) is 4.57 Å². The third-order valence-electron chi connectivity index (χ3n) is 9.66. The number of hydrogen-bond acceptors (Lipinski definition) is 2. The van der Waals surface area contributed by atoms with Gasteiger partial charge in [0.1, 0.15) is 0 Å². The van der Waals surface area contributed by atoms with Gasteiger partial charge in [0, 0.05) is 32.8 Å². The van der Waals surface area contributed by atoms with Crippen molar-refractivity contribution in [2.45, 2.75) is 6.92 Å². The molecule has 0 aliphatic rings. The molecule has 4 nitrogen and oxygen atoms in total. The van der Waals surface area contributed by atoms with E-state index in [0.717, 1.165) is 61.1 Å². The molecular formula is C47H34N4. The fraction of sp³-hybridized carbons (Fsp3) is 0.0213. The van der Waals surface area contributed by atoms with Crippen LogP contribution >= 0.6 is 0 Å². The van der Waals surface area contributed by atoms with Gasteiger partial charge in [-0.25, -0.2) is 9.97 Å². The van der Waals surface area contributed by atoms with Gasteiger partial charge in [-0.15, -0.1) is 0 Å². The van der Waals surface area contributed by atoms with Crippen LogP contribution < -0.4 is 0 Å². The van der Waals surface area contributed by atoms with Gasteiger partial charge >= 0.3 is 0 Å². The SMILES string of the molecule is C=C/C(=C\C=C/C)c1cc(-c2ccccc2)nc(-n2c3ccccc3c3ccc(-c4ccc5c(c4)c4ccccc4n5-c4ccccc4)cc32)n1. The standard InChI is InChI=1S/C47H34N4/c1-3-5-16-32(4-2)41-31-42(33-17-8-6-9-18-33)49-47(48-41)51-44-24-15-12-21-37(44)39-27-25-35(30-46(39)51)34-26-28-45-40(29-34)38-22-13-14-23-43(38)50(45)36-19-10-7-11-20-36/h3-31H,2H2,1H3/b5-3-,32-16+. The van der Waals surface area contributed by atoms with Crippen LogP contribution in [-0.4, -0.2) is 19.1 Å². The number of benzene rings is 6. The zero-order valence-corrected chi connectivity index (χ0v) is 28.2. The Balaban J connectivity index is 1.28.